The van der Waals surface area contributed by atoms with Crippen molar-refractivity contribution < 1.29 is 14.3 Å². The molecular weight excluding hydrogens is 388 g/mol. The molecule has 1 aliphatic heterocycles. The van der Waals surface area contributed by atoms with Gasteiger partial charge in [0.05, 0.1) is 13.0 Å². The lowest BCUT2D eigenvalue weighted by Crippen LogP contribution is -2.38. The number of rotatable bonds is 6. The number of methoxy groups -OCH3 is 1. The number of amides is 1. The van der Waals surface area contributed by atoms with Gasteiger partial charge in [-0.2, -0.15) is 0 Å². The molecule has 2 aliphatic rings. The van der Waals surface area contributed by atoms with E-state index in [1.54, 1.807) is 0 Å². The standard InChI is InChI=1S/C23H28N2O3.ClH/c1-28-22(27)19(13-16-6-7-17-4-2-3-5-18(17)12-16)15-25-21(26)20-14-23(20)8-10-24-11-9-23;/h2-7,12,19-20,24H,8-11,13-15H2,1H3,(H,25,26);1H. The minimum Gasteiger partial charge on any atom is -0.469 e. The van der Waals surface area contributed by atoms with Gasteiger partial charge >= 0.3 is 5.97 Å². The van der Waals surface area contributed by atoms with Gasteiger partial charge in [-0.05, 0) is 60.5 Å². The molecule has 0 aromatic heterocycles. The Hall–Kier alpha value is -2.11. The molecule has 1 heterocycles. The first-order chi connectivity index (χ1) is 13.6. The lowest BCUT2D eigenvalue weighted by molar-refractivity contribution is -0.145. The number of carbonyl (C=O) groups excluding carboxylic acids is 2. The molecule has 2 aromatic rings. The van der Waals surface area contributed by atoms with Gasteiger partial charge in [-0.15, -0.1) is 12.4 Å². The predicted molar refractivity (Wildman–Crippen MR) is 116 cm³/mol. The average Bonchev–Trinajstić information content (AvgIpc) is 3.43. The third kappa shape index (κ3) is 4.73. The molecule has 4 rings (SSSR count). The monoisotopic (exact) mass is 416 g/mol. The quantitative estimate of drug-likeness (QED) is 0.710. The smallest absolute Gasteiger partial charge is 0.310 e. The van der Waals surface area contributed by atoms with Gasteiger partial charge in [-0.1, -0.05) is 42.5 Å². The van der Waals surface area contributed by atoms with Gasteiger partial charge < -0.3 is 15.4 Å². The van der Waals surface area contributed by atoms with Crippen LogP contribution in [0.1, 0.15) is 24.8 Å². The van der Waals surface area contributed by atoms with Crippen LogP contribution in [0.25, 0.3) is 10.8 Å². The van der Waals surface area contributed by atoms with Gasteiger partial charge in [0.15, 0.2) is 0 Å². The van der Waals surface area contributed by atoms with Crippen molar-refractivity contribution in [2.45, 2.75) is 25.7 Å². The summed E-state index contributed by atoms with van der Waals surface area (Å²) in [6, 6.07) is 14.4. The van der Waals surface area contributed by atoms with E-state index in [0.29, 0.717) is 13.0 Å². The highest BCUT2D eigenvalue weighted by Gasteiger charge is 2.57. The fourth-order valence-electron chi connectivity index (χ4n) is 4.60. The number of piperidine rings is 1. The van der Waals surface area contributed by atoms with E-state index in [9.17, 15) is 9.59 Å². The topological polar surface area (TPSA) is 67.4 Å². The molecule has 156 valence electrons. The maximum atomic E-state index is 12.6. The third-order valence-corrected chi connectivity index (χ3v) is 6.46. The number of benzene rings is 2. The first kappa shape index (κ1) is 21.6. The molecule has 2 N–H and O–H groups in total. The molecule has 0 radical (unpaired) electrons. The lowest BCUT2D eigenvalue weighted by atomic mass is 9.91. The summed E-state index contributed by atoms with van der Waals surface area (Å²) < 4.78 is 4.99. The fourth-order valence-corrected chi connectivity index (χ4v) is 4.60. The summed E-state index contributed by atoms with van der Waals surface area (Å²) in [5, 5.41) is 8.72. The van der Waals surface area contributed by atoms with Gasteiger partial charge in [0.25, 0.3) is 0 Å². The van der Waals surface area contributed by atoms with Crippen LogP contribution in [-0.4, -0.2) is 38.6 Å². The van der Waals surface area contributed by atoms with E-state index in [-0.39, 0.29) is 41.5 Å². The first-order valence-electron chi connectivity index (χ1n) is 10.2. The van der Waals surface area contributed by atoms with Crippen molar-refractivity contribution in [1.82, 2.24) is 10.6 Å². The third-order valence-electron chi connectivity index (χ3n) is 6.46. The number of hydrogen-bond acceptors (Lipinski definition) is 4. The summed E-state index contributed by atoms with van der Waals surface area (Å²) in [5.41, 5.74) is 1.28. The van der Waals surface area contributed by atoms with Crippen LogP contribution in [0, 0.1) is 17.3 Å². The first-order valence-corrected chi connectivity index (χ1v) is 10.2. The van der Waals surface area contributed by atoms with Crippen molar-refractivity contribution in [3.05, 3.63) is 48.0 Å². The maximum Gasteiger partial charge on any atom is 0.310 e. The second kappa shape index (κ2) is 9.14. The molecular formula is C23H29ClN2O3. The van der Waals surface area contributed by atoms with Crippen LogP contribution in [0.4, 0.5) is 0 Å². The molecule has 1 aliphatic carbocycles. The number of carbonyl (C=O) groups is 2. The second-order valence-corrected chi connectivity index (χ2v) is 8.22. The van der Waals surface area contributed by atoms with Crippen molar-refractivity contribution >= 4 is 35.1 Å². The Bertz CT molecular complexity index is 879. The van der Waals surface area contributed by atoms with E-state index < -0.39 is 0 Å². The molecule has 0 bridgehead atoms. The molecule has 2 unspecified atom stereocenters. The highest BCUT2D eigenvalue weighted by atomic mass is 35.5. The van der Waals surface area contributed by atoms with Crippen LogP contribution in [0.2, 0.25) is 0 Å². The Morgan fingerprint density at radius 2 is 1.90 bits per heavy atom. The van der Waals surface area contributed by atoms with Crippen LogP contribution in [0.15, 0.2) is 42.5 Å². The lowest BCUT2D eigenvalue weighted by Gasteiger charge is -2.23. The van der Waals surface area contributed by atoms with Crippen LogP contribution in [-0.2, 0) is 20.7 Å². The number of hydrogen-bond donors (Lipinski definition) is 2. The molecule has 1 amide bonds. The molecule has 1 saturated heterocycles. The van der Waals surface area contributed by atoms with Crippen LogP contribution >= 0.6 is 12.4 Å². The van der Waals surface area contributed by atoms with Crippen LogP contribution in [0.5, 0.6) is 0 Å². The van der Waals surface area contributed by atoms with E-state index >= 15 is 0 Å². The summed E-state index contributed by atoms with van der Waals surface area (Å²) >= 11 is 0. The fraction of sp³-hybridized carbons (Fsp3) is 0.478. The van der Waals surface area contributed by atoms with E-state index in [1.165, 1.54) is 12.5 Å². The average molecular weight is 417 g/mol. The normalized spacial score (nSPS) is 20.5. The van der Waals surface area contributed by atoms with Gasteiger partial charge in [0.2, 0.25) is 5.91 Å². The minimum atomic E-state index is -0.377. The zero-order valence-corrected chi connectivity index (χ0v) is 17.6. The molecule has 2 fully saturated rings. The Balaban J connectivity index is 0.00000240. The summed E-state index contributed by atoms with van der Waals surface area (Å²) in [6.45, 7) is 2.32. The van der Waals surface area contributed by atoms with Crippen molar-refractivity contribution in [3.8, 4) is 0 Å². The SMILES string of the molecule is COC(=O)C(CNC(=O)C1CC12CCNCC2)Cc1ccc2ccccc2c1.Cl. The van der Waals surface area contributed by atoms with Crippen molar-refractivity contribution in [3.63, 3.8) is 0 Å². The summed E-state index contributed by atoms with van der Waals surface area (Å²) in [7, 11) is 1.41. The Kier molecular flexibility index (Phi) is 6.81. The zero-order valence-electron chi connectivity index (χ0n) is 16.8. The highest BCUT2D eigenvalue weighted by Crippen LogP contribution is 2.58. The zero-order chi connectivity index (χ0) is 19.6. The Labute approximate surface area is 178 Å². The minimum absolute atomic E-state index is 0. The van der Waals surface area contributed by atoms with Gasteiger partial charge in [-0.25, -0.2) is 0 Å². The Morgan fingerprint density at radius 1 is 1.17 bits per heavy atom. The molecule has 1 spiro atoms. The largest absolute Gasteiger partial charge is 0.469 e. The number of esters is 1. The number of ether oxygens (including phenoxy) is 1. The second-order valence-electron chi connectivity index (χ2n) is 8.22. The van der Waals surface area contributed by atoms with Crippen molar-refractivity contribution in [1.29, 1.82) is 0 Å². The van der Waals surface area contributed by atoms with E-state index in [0.717, 1.165) is 43.3 Å². The van der Waals surface area contributed by atoms with Gasteiger partial charge in [-0.3, -0.25) is 9.59 Å². The van der Waals surface area contributed by atoms with Gasteiger partial charge in [0.1, 0.15) is 0 Å². The number of nitrogens with one attached hydrogen (secondary N) is 2. The molecule has 5 nitrogen and oxygen atoms in total. The molecule has 1 saturated carbocycles. The van der Waals surface area contributed by atoms with Crippen molar-refractivity contribution in [2.24, 2.45) is 17.3 Å². The summed E-state index contributed by atoms with van der Waals surface area (Å²) in [5.74, 6) is -0.457. The number of fused-ring (bicyclic) bond motifs is 1. The van der Waals surface area contributed by atoms with Crippen LogP contribution in [0.3, 0.4) is 0 Å². The van der Waals surface area contributed by atoms with E-state index in [4.69, 9.17) is 4.74 Å². The highest BCUT2D eigenvalue weighted by molar-refractivity contribution is 5.85. The van der Waals surface area contributed by atoms with E-state index in [2.05, 4.69) is 34.9 Å². The Morgan fingerprint density at radius 3 is 2.62 bits per heavy atom. The maximum absolute atomic E-state index is 12.6. The number of halogens is 1. The summed E-state index contributed by atoms with van der Waals surface area (Å²) in [4.78, 5) is 24.9. The van der Waals surface area contributed by atoms with Gasteiger partial charge in [0, 0.05) is 12.5 Å². The van der Waals surface area contributed by atoms with E-state index in [1.807, 2.05) is 18.2 Å². The molecule has 2 aromatic carbocycles. The molecule has 29 heavy (non-hydrogen) atoms. The predicted octanol–water partition coefficient (Wildman–Crippen LogP) is 3.10. The van der Waals surface area contributed by atoms with Crippen LogP contribution < -0.4 is 10.6 Å². The summed E-state index contributed by atoms with van der Waals surface area (Å²) in [6.07, 6.45) is 3.68. The van der Waals surface area contributed by atoms with Crippen molar-refractivity contribution in [2.75, 3.05) is 26.7 Å². The molecule has 6 heteroatoms. The molecule has 2 atom stereocenters.